The molecule has 1 atom stereocenters. The highest BCUT2D eigenvalue weighted by Gasteiger charge is 2.21. The van der Waals surface area contributed by atoms with Crippen LogP contribution >= 0.6 is 0 Å². The fourth-order valence-electron chi connectivity index (χ4n) is 1.41. The average molecular weight is 282 g/mol. The van der Waals surface area contributed by atoms with E-state index in [0.717, 1.165) is 18.5 Å². The molecular weight excluding hydrogens is 264 g/mol. The highest BCUT2D eigenvalue weighted by Crippen LogP contribution is 2.05. The van der Waals surface area contributed by atoms with E-state index >= 15 is 0 Å². The summed E-state index contributed by atoms with van der Waals surface area (Å²) < 4.78 is 4.92. The number of carbonyl (C=O) groups excluding carboxylic acids is 3. The number of ether oxygens (including phenoxy) is 1. The van der Waals surface area contributed by atoms with Crippen LogP contribution in [-0.2, 0) is 16.0 Å². The van der Waals surface area contributed by atoms with E-state index in [0.29, 0.717) is 0 Å². The van der Waals surface area contributed by atoms with Gasteiger partial charge in [0.25, 0.3) is 5.91 Å². The maximum Gasteiger partial charge on any atom is 0.359 e. The largest absolute Gasteiger partial charge is 0.448 e. The molecule has 1 rings (SSSR count). The molecule has 0 aliphatic carbocycles. The number of amides is 3. The highest BCUT2D eigenvalue weighted by molar-refractivity contribution is 5.98. The lowest BCUT2D eigenvalue weighted by Gasteiger charge is -2.11. The van der Waals surface area contributed by atoms with Crippen LogP contribution in [0.3, 0.4) is 0 Å². The predicted molar refractivity (Wildman–Crippen MR) is 70.1 cm³/mol. The molecule has 110 valence electrons. The zero-order valence-corrected chi connectivity index (χ0v) is 11.6. The number of rotatable bonds is 5. The number of esters is 1. The number of hydrogen-bond acceptors (Lipinski definition) is 5. The summed E-state index contributed by atoms with van der Waals surface area (Å²) in [5.41, 5.74) is 0.926. The van der Waals surface area contributed by atoms with Gasteiger partial charge in [-0.3, -0.25) is 15.2 Å². The van der Waals surface area contributed by atoms with Gasteiger partial charge in [-0.1, -0.05) is 13.3 Å². The van der Waals surface area contributed by atoms with Gasteiger partial charge in [-0.05, 0) is 19.4 Å². The van der Waals surface area contributed by atoms with Crippen molar-refractivity contribution in [3.63, 3.8) is 0 Å². The molecule has 0 aromatic carbocycles. The molecule has 20 heavy (non-hydrogen) atoms. The monoisotopic (exact) mass is 282 g/mol. The van der Waals surface area contributed by atoms with Crippen molar-refractivity contribution < 1.29 is 19.1 Å². The normalized spacial score (nSPS) is 11.6. The lowest BCUT2D eigenvalue weighted by Crippen LogP contribution is -2.43. The van der Waals surface area contributed by atoms with E-state index < -0.39 is 24.0 Å². The molecule has 1 aromatic heterocycles. The second-order valence-corrected chi connectivity index (χ2v) is 4.14. The zero-order valence-electron chi connectivity index (χ0n) is 11.6. The SMILES string of the molecule is CCCc1cc(C(=O)O[C@H](C)C(=O)NC(=O)NC)n[nH]1. The van der Waals surface area contributed by atoms with Gasteiger partial charge in [0.15, 0.2) is 11.8 Å². The van der Waals surface area contributed by atoms with Gasteiger partial charge in [0.05, 0.1) is 0 Å². The van der Waals surface area contributed by atoms with E-state index in [1.54, 1.807) is 6.07 Å². The van der Waals surface area contributed by atoms with Crippen LogP contribution in [0.15, 0.2) is 6.07 Å². The summed E-state index contributed by atoms with van der Waals surface area (Å²) in [6.45, 7) is 3.37. The minimum absolute atomic E-state index is 0.105. The molecule has 3 amide bonds. The Labute approximate surface area is 116 Å². The average Bonchev–Trinajstić information content (AvgIpc) is 2.87. The van der Waals surface area contributed by atoms with E-state index in [9.17, 15) is 14.4 Å². The Morgan fingerprint density at radius 1 is 1.45 bits per heavy atom. The Bertz CT molecular complexity index is 497. The summed E-state index contributed by atoms with van der Waals surface area (Å²) in [5.74, 6) is -1.43. The van der Waals surface area contributed by atoms with Crippen molar-refractivity contribution in [1.29, 1.82) is 0 Å². The van der Waals surface area contributed by atoms with Gasteiger partial charge in [-0.2, -0.15) is 5.10 Å². The topological polar surface area (TPSA) is 113 Å². The summed E-state index contributed by atoms with van der Waals surface area (Å²) >= 11 is 0. The van der Waals surface area contributed by atoms with Gasteiger partial charge in [0.1, 0.15) is 0 Å². The number of aromatic amines is 1. The van der Waals surface area contributed by atoms with Crippen molar-refractivity contribution in [2.24, 2.45) is 0 Å². The lowest BCUT2D eigenvalue weighted by atomic mass is 10.2. The molecule has 0 fully saturated rings. The first-order valence-electron chi connectivity index (χ1n) is 6.25. The number of nitrogens with zero attached hydrogens (tertiary/aromatic N) is 1. The molecule has 0 aliphatic heterocycles. The number of imide groups is 1. The molecule has 8 heteroatoms. The standard InChI is InChI=1S/C12H18N4O4/c1-4-5-8-6-9(16-15-8)11(18)20-7(2)10(17)14-12(19)13-3/h6-7H,4-5H2,1-3H3,(H,15,16)(H2,13,14,17,19)/t7-/m1/s1. The van der Waals surface area contributed by atoms with Crippen LogP contribution in [0.25, 0.3) is 0 Å². The highest BCUT2D eigenvalue weighted by atomic mass is 16.5. The molecule has 0 saturated heterocycles. The number of aryl methyl sites for hydroxylation is 1. The van der Waals surface area contributed by atoms with E-state index in [1.807, 2.05) is 12.2 Å². The van der Waals surface area contributed by atoms with Gasteiger partial charge in [-0.15, -0.1) is 0 Å². The van der Waals surface area contributed by atoms with Crippen LogP contribution in [0.4, 0.5) is 4.79 Å². The van der Waals surface area contributed by atoms with Crippen molar-refractivity contribution in [3.8, 4) is 0 Å². The Morgan fingerprint density at radius 3 is 2.75 bits per heavy atom. The molecule has 0 radical (unpaired) electrons. The fraction of sp³-hybridized carbons (Fsp3) is 0.500. The Hall–Kier alpha value is -2.38. The summed E-state index contributed by atoms with van der Waals surface area (Å²) in [5, 5.41) is 10.8. The molecule has 0 unspecified atom stereocenters. The molecular formula is C12H18N4O4. The quantitative estimate of drug-likeness (QED) is 0.675. The van der Waals surface area contributed by atoms with E-state index in [-0.39, 0.29) is 5.69 Å². The molecule has 8 nitrogen and oxygen atoms in total. The van der Waals surface area contributed by atoms with Crippen molar-refractivity contribution in [1.82, 2.24) is 20.8 Å². The van der Waals surface area contributed by atoms with Crippen LogP contribution in [-0.4, -0.2) is 41.3 Å². The van der Waals surface area contributed by atoms with Gasteiger partial charge in [0, 0.05) is 12.7 Å². The fourth-order valence-corrected chi connectivity index (χ4v) is 1.41. The first-order chi connectivity index (χ1) is 9.47. The predicted octanol–water partition coefficient (Wildman–Crippen LogP) is 0.363. The third kappa shape index (κ3) is 4.38. The Kier molecular flexibility index (Phi) is 5.70. The van der Waals surface area contributed by atoms with Crippen molar-refractivity contribution in [2.75, 3.05) is 7.05 Å². The van der Waals surface area contributed by atoms with Crippen LogP contribution in [0.2, 0.25) is 0 Å². The van der Waals surface area contributed by atoms with Gasteiger partial charge in [-0.25, -0.2) is 9.59 Å². The number of carbonyl (C=O) groups is 3. The molecule has 0 spiro atoms. The smallest absolute Gasteiger partial charge is 0.359 e. The first-order valence-corrected chi connectivity index (χ1v) is 6.25. The second-order valence-electron chi connectivity index (χ2n) is 4.14. The van der Waals surface area contributed by atoms with Crippen LogP contribution in [0, 0.1) is 0 Å². The number of aromatic nitrogens is 2. The first kappa shape index (κ1) is 15.7. The Morgan fingerprint density at radius 2 is 2.15 bits per heavy atom. The van der Waals surface area contributed by atoms with Crippen LogP contribution < -0.4 is 10.6 Å². The Balaban J connectivity index is 2.55. The zero-order chi connectivity index (χ0) is 15.1. The minimum Gasteiger partial charge on any atom is -0.448 e. The van der Waals surface area contributed by atoms with Gasteiger partial charge in [0.2, 0.25) is 0 Å². The van der Waals surface area contributed by atoms with E-state index in [4.69, 9.17) is 4.74 Å². The van der Waals surface area contributed by atoms with E-state index in [2.05, 4.69) is 15.5 Å². The van der Waals surface area contributed by atoms with Gasteiger partial charge >= 0.3 is 12.0 Å². The van der Waals surface area contributed by atoms with E-state index in [1.165, 1.54) is 14.0 Å². The second kappa shape index (κ2) is 7.27. The molecule has 0 aliphatic rings. The molecule has 1 aromatic rings. The molecule has 0 bridgehead atoms. The summed E-state index contributed by atoms with van der Waals surface area (Å²) in [6.07, 6.45) is 0.598. The minimum atomic E-state index is -1.09. The van der Waals surface area contributed by atoms with Crippen LogP contribution in [0.1, 0.15) is 36.5 Å². The number of urea groups is 1. The number of hydrogen-bond donors (Lipinski definition) is 3. The van der Waals surface area contributed by atoms with Gasteiger partial charge < -0.3 is 10.1 Å². The lowest BCUT2D eigenvalue weighted by molar-refractivity contribution is -0.127. The molecule has 0 saturated carbocycles. The third-order valence-corrected chi connectivity index (χ3v) is 2.48. The molecule has 3 N–H and O–H groups in total. The molecule has 1 heterocycles. The summed E-state index contributed by atoms with van der Waals surface area (Å²) in [6, 6.07) is 0.915. The maximum absolute atomic E-state index is 11.7. The van der Waals surface area contributed by atoms with Crippen molar-refractivity contribution in [3.05, 3.63) is 17.5 Å². The maximum atomic E-state index is 11.7. The summed E-state index contributed by atoms with van der Waals surface area (Å²) in [7, 11) is 1.37. The number of H-pyrrole nitrogens is 1. The third-order valence-electron chi connectivity index (χ3n) is 2.48. The van der Waals surface area contributed by atoms with Crippen molar-refractivity contribution >= 4 is 17.9 Å². The van der Waals surface area contributed by atoms with Crippen molar-refractivity contribution in [2.45, 2.75) is 32.8 Å². The summed E-state index contributed by atoms with van der Waals surface area (Å²) in [4.78, 5) is 34.2. The van der Waals surface area contributed by atoms with Crippen LogP contribution in [0.5, 0.6) is 0 Å². The number of nitrogens with one attached hydrogen (secondary N) is 3.